The standard InChI is InChI=1S/C19H16O7/c1-9-7-14(25-18(9)21)23-8-13-15-16(24-10(2)20)11-5-3-4-6-12(11)17(15)26-19(13)22/h3-8,14-17H,1-2H3/b13-8+/t14-,15-,16+,17+/m1/s1. The fourth-order valence-corrected chi connectivity index (χ4v) is 3.51. The molecule has 0 N–H and O–H groups in total. The summed E-state index contributed by atoms with van der Waals surface area (Å²) in [5.41, 5.74) is 2.29. The molecular weight excluding hydrogens is 340 g/mol. The highest BCUT2D eigenvalue weighted by Crippen LogP contribution is 2.55. The Hall–Kier alpha value is -3.09. The zero-order valence-corrected chi connectivity index (χ0v) is 14.1. The van der Waals surface area contributed by atoms with Gasteiger partial charge in [0.2, 0.25) is 0 Å². The van der Waals surface area contributed by atoms with Gasteiger partial charge in [0.1, 0.15) is 12.2 Å². The third-order valence-corrected chi connectivity index (χ3v) is 4.64. The number of carbonyl (C=O) groups excluding carboxylic acids is 3. The maximum absolute atomic E-state index is 12.3. The van der Waals surface area contributed by atoms with E-state index in [0.29, 0.717) is 5.57 Å². The molecule has 1 aromatic rings. The SMILES string of the molecule is CC(=O)O[C@H]1c2ccccc2[C@@H]2OC(=O)/C(=C/O[C@H]3C=C(C)C(=O)O3)[C@H]12. The minimum absolute atomic E-state index is 0.242. The molecule has 0 unspecified atom stereocenters. The van der Waals surface area contributed by atoms with Crippen molar-refractivity contribution in [3.8, 4) is 0 Å². The van der Waals surface area contributed by atoms with Gasteiger partial charge in [0.15, 0.2) is 0 Å². The average Bonchev–Trinajstić information content (AvgIpc) is 3.19. The Balaban J connectivity index is 1.65. The van der Waals surface area contributed by atoms with Crippen molar-refractivity contribution in [2.24, 2.45) is 5.92 Å². The lowest BCUT2D eigenvalue weighted by Gasteiger charge is -2.18. The van der Waals surface area contributed by atoms with Gasteiger partial charge in [-0.15, -0.1) is 0 Å². The van der Waals surface area contributed by atoms with Gasteiger partial charge in [0.25, 0.3) is 6.29 Å². The number of ether oxygens (including phenoxy) is 4. The zero-order chi connectivity index (χ0) is 18.4. The summed E-state index contributed by atoms with van der Waals surface area (Å²) in [7, 11) is 0. The number of hydrogen-bond acceptors (Lipinski definition) is 7. The monoisotopic (exact) mass is 356 g/mol. The molecule has 4 rings (SSSR count). The Kier molecular flexibility index (Phi) is 3.79. The van der Waals surface area contributed by atoms with Crippen LogP contribution in [-0.2, 0) is 33.3 Å². The maximum atomic E-state index is 12.3. The van der Waals surface area contributed by atoms with Gasteiger partial charge < -0.3 is 18.9 Å². The van der Waals surface area contributed by atoms with E-state index in [2.05, 4.69) is 0 Å². The molecule has 1 saturated heterocycles. The summed E-state index contributed by atoms with van der Waals surface area (Å²) in [5.74, 6) is -1.97. The number of cyclic esters (lactones) is 1. The van der Waals surface area contributed by atoms with E-state index in [4.69, 9.17) is 18.9 Å². The average molecular weight is 356 g/mol. The highest BCUT2D eigenvalue weighted by Gasteiger charge is 2.53. The fraction of sp³-hybridized carbons (Fsp3) is 0.316. The molecule has 3 aliphatic rings. The largest absolute Gasteiger partial charge is 0.458 e. The third kappa shape index (κ3) is 2.56. The Morgan fingerprint density at radius 3 is 2.50 bits per heavy atom. The van der Waals surface area contributed by atoms with Crippen LogP contribution in [0, 0.1) is 5.92 Å². The first-order valence-corrected chi connectivity index (χ1v) is 8.17. The van der Waals surface area contributed by atoms with Gasteiger partial charge in [0, 0.05) is 29.7 Å². The second kappa shape index (κ2) is 6.01. The van der Waals surface area contributed by atoms with Crippen molar-refractivity contribution in [3.63, 3.8) is 0 Å². The summed E-state index contributed by atoms with van der Waals surface area (Å²) < 4.78 is 21.4. The first kappa shape index (κ1) is 16.4. The van der Waals surface area contributed by atoms with Gasteiger partial charge in [-0.25, -0.2) is 9.59 Å². The summed E-state index contributed by atoms with van der Waals surface area (Å²) in [6.07, 6.45) is 0.685. The molecule has 7 heteroatoms. The quantitative estimate of drug-likeness (QED) is 0.355. The van der Waals surface area contributed by atoms with Crippen molar-refractivity contribution < 1.29 is 33.3 Å². The molecule has 0 amide bonds. The molecule has 7 nitrogen and oxygen atoms in total. The maximum Gasteiger partial charge on any atom is 0.338 e. The minimum atomic E-state index is -0.891. The predicted octanol–water partition coefficient (Wildman–Crippen LogP) is 2.25. The fourth-order valence-electron chi connectivity index (χ4n) is 3.51. The van der Waals surface area contributed by atoms with E-state index in [1.54, 1.807) is 6.92 Å². The van der Waals surface area contributed by atoms with Crippen LogP contribution in [0.15, 0.2) is 47.7 Å². The number of esters is 3. The van der Waals surface area contributed by atoms with E-state index < -0.39 is 42.3 Å². The van der Waals surface area contributed by atoms with Crippen LogP contribution in [0.5, 0.6) is 0 Å². The summed E-state index contributed by atoms with van der Waals surface area (Å²) in [5, 5.41) is 0. The lowest BCUT2D eigenvalue weighted by Crippen LogP contribution is -2.17. The van der Waals surface area contributed by atoms with E-state index >= 15 is 0 Å². The van der Waals surface area contributed by atoms with Gasteiger partial charge in [-0.3, -0.25) is 4.79 Å². The smallest absolute Gasteiger partial charge is 0.338 e. The van der Waals surface area contributed by atoms with Crippen LogP contribution in [0.2, 0.25) is 0 Å². The lowest BCUT2D eigenvalue weighted by molar-refractivity contribution is -0.153. The number of fused-ring (bicyclic) bond motifs is 3. The molecule has 2 heterocycles. The van der Waals surface area contributed by atoms with E-state index in [-0.39, 0.29) is 5.57 Å². The minimum Gasteiger partial charge on any atom is -0.458 e. The Labute approximate surface area is 149 Å². The highest BCUT2D eigenvalue weighted by molar-refractivity contribution is 5.92. The van der Waals surface area contributed by atoms with Gasteiger partial charge in [-0.05, 0) is 6.92 Å². The number of benzene rings is 1. The highest BCUT2D eigenvalue weighted by atomic mass is 16.7. The second-order valence-corrected chi connectivity index (χ2v) is 6.34. The first-order chi connectivity index (χ1) is 12.5. The van der Waals surface area contributed by atoms with Gasteiger partial charge in [-0.1, -0.05) is 24.3 Å². The summed E-state index contributed by atoms with van der Waals surface area (Å²) in [4.78, 5) is 35.3. The molecule has 2 aliphatic heterocycles. The van der Waals surface area contributed by atoms with Crippen molar-refractivity contribution >= 4 is 17.9 Å². The van der Waals surface area contributed by atoms with E-state index in [0.717, 1.165) is 11.1 Å². The van der Waals surface area contributed by atoms with Crippen LogP contribution in [-0.4, -0.2) is 24.2 Å². The number of hydrogen-bond donors (Lipinski definition) is 0. The second-order valence-electron chi connectivity index (χ2n) is 6.34. The van der Waals surface area contributed by atoms with E-state index in [1.165, 1.54) is 19.3 Å². The molecule has 0 spiro atoms. The molecular formula is C19H16O7. The Bertz CT molecular complexity index is 866. The molecule has 134 valence electrons. The van der Waals surface area contributed by atoms with Crippen LogP contribution < -0.4 is 0 Å². The summed E-state index contributed by atoms with van der Waals surface area (Å²) >= 11 is 0. The first-order valence-electron chi connectivity index (χ1n) is 8.17. The van der Waals surface area contributed by atoms with Crippen molar-refractivity contribution in [2.45, 2.75) is 32.3 Å². The molecule has 0 aromatic heterocycles. The lowest BCUT2D eigenvalue weighted by atomic mass is 9.95. The van der Waals surface area contributed by atoms with E-state index in [9.17, 15) is 14.4 Å². The van der Waals surface area contributed by atoms with Crippen LogP contribution in [0.3, 0.4) is 0 Å². The molecule has 0 radical (unpaired) electrons. The predicted molar refractivity (Wildman–Crippen MR) is 86.1 cm³/mol. The van der Waals surface area contributed by atoms with Crippen LogP contribution in [0.4, 0.5) is 0 Å². The Morgan fingerprint density at radius 2 is 1.85 bits per heavy atom. The Morgan fingerprint density at radius 1 is 1.12 bits per heavy atom. The molecule has 1 fully saturated rings. The van der Waals surface area contributed by atoms with Gasteiger partial charge >= 0.3 is 17.9 Å². The van der Waals surface area contributed by atoms with Gasteiger partial charge in [0.05, 0.1) is 17.8 Å². The van der Waals surface area contributed by atoms with Crippen molar-refractivity contribution in [1.82, 2.24) is 0 Å². The molecule has 0 bridgehead atoms. The van der Waals surface area contributed by atoms with Crippen LogP contribution in [0.25, 0.3) is 0 Å². The van der Waals surface area contributed by atoms with Crippen molar-refractivity contribution in [3.05, 3.63) is 58.9 Å². The molecule has 1 aliphatic carbocycles. The third-order valence-electron chi connectivity index (χ3n) is 4.64. The molecule has 1 aromatic carbocycles. The molecule has 0 saturated carbocycles. The van der Waals surface area contributed by atoms with Gasteiger partial charge in [-0.2, -0.15) is 0 Å². The van der Waals surface area contributed by atoms with Crippen LogP contribution in [0.1, 0.15) is 37.2 Å². The number of rotatable bonds is 3. The number of carbonyl (C=O) groups is 3. The normalized spacial score (nSPS) is 30.4. The van der Waals surface area contributed by atoms with Crippen molar-refractivity contribution in [2.75, 3.05) is 0 Å². The summed E-state index contributed by atoms with van der Waals surface area (Å²) in [6.45, 7) is 2.93. The van der Waals surface area contributed by atoms with E-state index in [1.807, 2.05) is 24.3 Å². The van der Waals surface area contributed by atoms with Crippen LogP contribution >= 0.6 is 0 Å². The molecule has 26 heavy (non-hydrogen) atoms. The summed E-state index contributed by atoms with van der Waals surface area (Å²) in [6, 6.07) is 7.37. The van der Waals surface area contributed by atoms with Crippen molar-refractivity contribution in [1.29, 1.82) is 0 Å². The zero-order valence-electron chi connectivity index (χ0n) is 14.1. The topological polar surface area (TPSA) is 88.1 Å². The molecule has 4 atom stereocenters.